The first-order chi connectivity index (χ1) is 12.1. The number of rotatable bonds is 6. The second-order valence-corrected chi connectivity index (χ2v) is 6.16. The Balaban J connectivity index is 1.81. The number of nitrogens with one attached hydrogen (secondary N) is 1. The van der Waals surface area contributed by atoms with Gasteiger partial charge < -0.3 is 14.8 Å². The van der Waals surface area contributed by atoms with Crippen molar-refractivity contribution >= 4 is 11.9 Å². The van der Waals surface area contributed by atoms with Crippen LogP contribution in [0.15, 0.2) is 48.5 Å². The molecule has 0 bridgehead atoms. The Kier molecular flexibility index (Phi) is 5.03. The van der Waals surface area contributed by atoms with Crippen LogP contribution >= 0.6 is 0 Å². The van der Waals surface area contributed by atoms with Crippen molar-refractivity contribution in [2.45, 2.75) is 31.9 Å². The lowest BCUT2D eigenvalue weighted by atomic mass is 10.1. The van der Waals surface area contributed by atoms with Crippen molar-refractivity contribution < 1.29 is 19.1 Å². The van der Waals surface area contributed by atoms with Crippen molar-refractivity contribution in [1.29, 1.82) is 0 Å². The second kappa shape index (κ2) is 7.38. The lowest BCUT2D eigenvalue weighted by molar-refractivity contribution is -0.130. The summed E-state index contributed by atoms with van der Waals surface area (Å²) >= 11 is 0. The largest absolute Gasteiger partial charge is 0.496 e. The third-order valence-electron chi connectivity index (χ3n) is 4.13. The fourth-order valence-electron chi connectivity index (χ4n) is 2.53. The van der Waals surface area contributed by atoms with Crippen LogP contribution in [-0.4, -0.2) is 25.0 Å². The minimum atomic E-state index is -0.971. The highest BCUT2D eigenvalue weighted by atomic mass is 16.5. The van der Waals surface area contributed by atoms with Crippen LogP contribution in [0.1, 0.15) is 40.4 Å². The van der Waals surface area contributed by atoms with Crippen molar-refractivity contribution in [3.8, 4) is 5.75 Å². The molecule has 25 heavy (non-hydrogen) atoms. The number of hydrogen-bond donors (Lipinski definition) is 1. The van der Waals surface area contributed by atoms with Gasteiger partial charge in [0.05, 0.1) is 12.7 Å². The van der Waals surface area contributed by atoms with E-state index < -0.39 is 12.1 Å². The third kappa shape index (κ3) is 4.18. The maximum atomic E-state index is 12.6. The number of carbonyl (C=O) groups is 2. The number of hydrogen-bond acceptors (Lipinski definition) is 4. The summed E-state index contributed by atoms with van der Waals surface area (Å²) < 4.78 is 10.8. The fourth-order valence-corrected chi connectivity index (χ4v) is 2.53. The van der Waals surface area contributed by atoms with Crippen LogP contribution in [0.25, 0.3) is 0 Å². The van der Waals surface area contributed by atoms with Crippen LogP contribution < -0.4 is 10.1 Å². The Morgan fingerprint density at radius 3 is 2.48 bits per heavy atom. The third-order valence-corrected chi connectivity index (χ3v) is 4.13. The van der Waals surface area contributed by atoms with Crippen molar-refractivity contribution in [1.82, 2.24) is 5.32 Å². The summed E-state index contributed by atoms with van der Waals surface area (Å²) in [5.74, 6) is -0.243. The summed E-state index contributed by atoms with van der Waals surface area (Å²) in [6, 6.07) is 14.3. The molecule has 1 saturated carbocycles. The van der Waals surface area contributed by atoms with Crippen LogP contribution in [-0.2, 0) is 9.53 Å². The van der Waals surface area contributed by atoms with Gasteiger partial charge in [0.25, 0.3) is 5.91 Å². The lowest BCUT2D eigenvalue weighted by Crippen LogP contribution is -2.33. The molecule has 0 saturated heterocycles. The second-order valence-electron chi connectivity index (χ2n) is 6.16. The monoisotopic (exact) mass is 339 g/mol. The molecular weight excluding hydrogens is 318 g/mol. The zero-order chi connectivity index (χ0) is 17.8. The number of methoxy groups -OCH3 is 1. The Bertz CT molecular complexity index is 769. The first kappa shape index (κ1) is 17.0. The summed E-state index contributed by atoms with van der Waals surface area (Å²) in [6.45, 7) is 1.89. The number of esters is 1. The number of ether oxygens (including phenoxy) is 2. The number of amides is 1. The van der Waals surface area contributed by atoms with E-state index >= 15 is 0 Å². The number of aryl methyl sites for hydroxylation is 1. The van der Waals surface area contributed by atoms with Crippen LogP contribution in [0.3, 0.4) is 0 Å². The van der Waals surface area contributed by atoms with Gasteiger partial charge in [-0.2, -0.15) is 0 Å². The maximum Gasteiger partial charge on any atom is 0.339 e. The average molecular weight is 339 g/mol. The van der Waals surface area contributed by atoms with Gasteiger partial charge in [0, 0.05) is 11.6 Å². The minimum Gasteiger partial charge on any atom is -0.496 e. The predicted molar refractivity (Wildman–Crippen MR) is 93.5 cm³/mol. The Morgan fingerprint density at radius 1 is 1.12 bits per heavy atom. The van der Waals surface area contributed by atoms with Gasteiger partial charge >= 0.3 is 5.97 Å². The van der Waals surface area contributed by atoms with Crippen LogP contribution in [0, 0.1) is 6.92 Å². The summed E-state index contributed by atoms with van der Waals surface area (Å²) in [7, 11) is 1.55. The van der Waals surface area contributed by atoms with E-state index in [0.29, 0.717) is 16.9 Å². The van der Waals surface area contributed by atoms with Gasteiger partial charge in [-0.3, -0.25) is 4.79 Å². The molecule has 2 aromatic rings. The molecule has 0 radical (unpaired) electrons. The quantitative estimate of drug-likeness (QED) is 0.821. The van der Waals surface area contributed by atoms with Gasteiger partial charge in [-0.1, -0.05) is 36.4 Å². The molecule has 3 rings (SSSR count). The molecule has 1 amide bonds. The highest BCUT2D eigenvalue weighted by Crippen LogP contribution is 2.25. The summed E-state index contributed by atoms with van der Waals surface area (Å²) in [6.07, 6.45) is 0.966. The lowest BCUT2D eigenvalue weighted by Gasteiger charge is -2.18. The molecule has 1 atom stereocenters. The first-order valence-electron chi connectivity index (χ1n) is 8.29. The molecule has 1 aliphatic rings. The van der Waals surface area contributed by atoms with Gasteiger partial charge in [0.2, 0.25) is 6.10 Å². The Labute approximate surface area is 147 Å². The molecule has 0 aromatic heterocycles. The topological polar surface area (TPSA) is 64.6 Å². The molecule has 0 heterocycles. The van der Waals surface area contributed by atoms with Crippen LogP contribution in [0.5, 0.6) is 5.75 Å². The van der Waals surface area contributed by atoms with E-state index in [9.17, 15) is 9.59 Å². The van der Waals surface area contributed by atoms with Crippen molar-refractivity contribution in [2.75, 3.05) is 7.11 Å². The first-order valence-corrected chi connectivity index (χ1v) is 8.29. The van der Waals surface area contributed by atoms with Crippen molar-refractivity contribution in [3.63, 3.8) is 0 Å². The van der Waals surface area contributed by atoms with Crippen LogP contribution in [0.2, 0.25) is 0 Å². The molecule has 0 aliphatic heterocycles. The Morgan fingerprint density at radius 2 is 1.84 bits per heavy atom. The molecule has 0 spiro atoms. The van der Waals surface area contributed by atoms with E-state index in [4.69, 9.17) is 9.47 Å². The molecule has 1 aliphatic carbocycles. The minimum absolute atomic E-state index is 0.192. The maximum absolute atomic E-state index is 12.6. The molecule has 5 nitrogen and oxygen atoms in total. The molecule has 1 fully saturated rings. The zero-order valence-electron chi connectivity index (χ0n) is 14.3. The summed E-state index contributed by atoms with van der Waals surface area (Å²) in [5, 5.41) is 2.90. The fraction of sp³-hybridized carbons (Fsp3) is 0.300. The average Bonchev–Trinajstić information content (AvgIpc) is 3.44. The molecule has 2 aromatic carbocycles. The normalized spacial score (nSPS) is 14.5. The van der Waals surface area contributed by atoms with E-state index in [1.54, 1.807) is 37.4 Å². The van der Waals surface area contributed by atoms with Gasteiger partial charge in [0.1, 0.15) is 5.75 Å². The molecule has 5 heteroatoms. The molecule has 1 N–H and O–H groups in total. The molecular formula is C20H21NO4. The number of carbonyl (C=O) groups excluding carboxylic acids is 2. The SMILES string of the molecule is COc1cc(C(=O)O[C@H](C(=O)NC2CC2)c2ccccc2)ccc1C. The van der Waals surface area contributed by atoms with Crippen molar-refractivity contribution in [2.24, 2.45) is 0 Å². The predicted octanol–water partition coefficient (Wildman–Crippen LogP) is 3.18. The van der Waals surface area contributed by atoms with E-state index in [0.717, 1.165) is 18.4 Å². The smallest absolute Gasteiger partial charge is 0.339 e. The number of benzene rings is 2. The van der Waals surface area contributed by atoms with E-state index in [1.807, 2.05) is 25.1 Å². The zero-order valence-corrected chi connectivity index (χ0v) is 14.3. The Hall–Kier alpha value is -2.82. The molecule has 0 unspecified atom stereocenters. The summed E-state index contributed by atoms with van der Waals surface area (Å²) in [4.78, 5) is 25.1. The van der Waals surface area contributed by atoms with Gasteiger partial charge in [-0.15, -0.1) is 0 Å². The van der Waals surface area contributed by atoms with E-state index in [-0.39, 0.29) is 11.9 Å². The van der Waals surface area contributed by atoms with Gasteiger partial charge in [-0.25, -0.2) is 4.79 Å². The van der Waals surface area contributed by atoms with Gasteiger partial charge in [0.15, 0.2) is 0 Å². The standard InChI is InChI=1S/C20H21NO4/c1-13-8-9-15(12-17(13)24-2)20(23)25-18(14-6-4-3-5-7-14)19(22)21-16-10-11-16/h3-9,12,16,18H,10-11H2,1-2H3,(H,21,22)/t18-/m0/s1. The van der Waals surface area contributed by atoms with Crippen LogP contribution in [0.4, 0.5) is 0 Å². The van der Waals surface area contributed by atoms with Gasteiger partial charge in [-0.05, 0) is 37.5 Å². The highest BCUT2D eigenvalue weighted by Gasteiger charge is 2.31. The van der Waals surface area contributed by atoms with E-state index in [2.05, 4.69) is 5.32 Å². The summed E-state index contributed by atoms with van der Waals surface area (Å²) in [5.41, 5.74) is 1.92. The molecule has 130 valence electrons. The highest BCUT2D eigenvalue weighted by molar-refractivity contribution is 5.93. The van der Waals surface area contributed by atoms with Crippen molar-refractivity contribution in [3.05, 3.63) is 65.2 Å². The van der Waals surface area contributed by atoms with E-state index in [1.165, 1.54) is 0 Å².